The lowest BCUT2D eigenvalue weighted by Crippen LogP contribution is -2.16. The lowest BCUT2D eigenvalue weighted by atomic mass is 10.1. The molecule has 1 rings (SSSR count). The van der Waals surface area contributed by atoms with Crippen LogP contribution in [-0.2, 0) is 10.0 Å². The van der Waals surface area contributed by atoms with E-state index < -0.39 is 10.0 Å². The number of primary sulfonamides is 1. The maximum Gasteiger partial charge on any atom is 0.238 e. The third-order valence-electron chi connectivity index (χ3n) is 3.01. The van der Waals surface area contributed by atoms with Crippen molar-refractivity contribution < 1.29 is 8.42 Å². The van der Waals surface area contributed by atoms with E-state index in [0.29, 0.717) is 11.5 Å². The molecule has 0 saturated carbocycles. The Kier molecular flexibility index (Phi) is 5.16. The van der Waals surface area contributed by atoms with Gasteiger partial charge in [0.15, 0.2) is 0 Å². The molecular weight excluding hydrogens is 248 g/mol. The SMILES string of the molecule is CCCC(C)CNc1cccc(S(N)(=O)=O)c1C. The van der Waals surface area contributed by atoms with Gasteiger partial charge in [0, 0.05) is 12.2 Å². The molecule has 0 aliphatic carbocycles. The van der Waals surface area contributed by atoms with E-state index in [1.807, 2.05) is 6.07 Å². The molecule has 1 aromatic carbocycles. The van der Waals surface area contributed by atoms with Crippen molar-refractivity contribution in [2.24, 2.45) is 11.1 Å². The van der Waals surface area contributed by atoms with Gasteiger partial charge in [-0.15, -0.1) is 0 Å². The number of nitrogens with two attached hydrogens (primary N) is 1. The molecule has 1 atom stereocenters. The Balaban J connectivity index is 2.85. The molecular formula is C13H22N2O2S. The van der Waals surface area contributed by atoms with Crippen molar-refractivity contribution in [3.05, 3.63) is 23.8 Å². The molecule has 0 aliphatic heterocycles. The van der Waals surface area contributed by atoms with Gasteiger partial charge in [-0.1, -0.05) is 26.3 Å². The quantitative estimate of drug-likeness (QED) is 0.834. The van der Waals surface area contributed by atoms with Gasteiger partial charge < -0.3 is 5.32 Å². The average molecular weight is 270 g/mol. The standard InChI is InChI=1S/C13H22N2O2S/c1-4-6-10(2)9-15-12-7-5-8-13(11(12)3)18(14,16)17/h5,7-8,10,15H,4,6,9H2,1-3H3,(H2,14,16,17). The summed E-state index contributed by atoms with van der Waals surface area (Å²) in [6.07, 6.45) is 2.31. The van der Waals surface area contributed by atoms with Crippen molar-refractivity contribution in [3.63, 3.8) is 0 Å². The van der Waals surface area contributed by atoms with Crippen molar-refractivity contribution in [2.75, 3.05) is 11.9 Å². The van der Waals surface area contributed by atoms with Crippen LogP contribution in [0.15, 0.2) is 23.1 Å². The van der Waals surface area contributed by atoms with Crippen molar-refractivity contribution >= 4 is 15.7 Å². The minimum atomic E-state index is -3.64. The molecule has 0 aromatic heterocycles. The van der Waals surface area contributed by atoms with E-state index in [1.165, 1.54) is 6.07 Å². The average Bonchev–Trinajstić information content (AvgIpc) is 2.26. The van der Waals surface area contributed by atoms with Crippen LogP contribution < -0.4 is 10.5 Å². The first-order valence-electron chi connectivity index (χ1n) is 6.22. The van der Waals surface area contributed by atoms with E-state index in [4.69, 9.17) is 5.14 Å². The van der Waals surface area contributed by atoms with E-state index in [0.717, 1.165) is 25.1 Å². The summed E-state index contributed by atoms with van der Waals surface area (Å²) in [7, 11) is -3.64. The third-order valence-corrected chi connectivity index (χ3v) is 4.07. The molecule has 0 heterocycles. The summed E-state index contributed by atoms with van der Waals surface area (Å²) < 4.78 is 22.8. The molecule has 1 aromatic rings. The number of rotatable bonds is 6. The molecule has 0 spiro atoms. The van der Waals surface area contributed by atoms with E-state index >= 15 is 0 Å². The maximum atomic E-state index is 11.4. The zero-order valence-electron chi connectivity index (χ0n) is 11.2. The van der Waals surface area contributed by atoms with Gasteiger partial charge in [0.2, 0.25) is 10.0 Å². The van der Waals surface area contributed by atoms with Crippen LogP contribution in [0.25, 0.3) is 0 Å². The fraction of sp³-hybridized carbons (Fsp3) is 0.538. The van der Waals surface area contributed by atoms with Crippen LogP contribution >= 0.6 is 0 Å². The minimum Gasteiger partial charge on any atom is -0.385 e. The normalized spacial score (nSPS) is 13.3. The Morgan fingerprint density at radius 1 is 1.39 bits per heavy atom. The first-order valence-corrected chi connectivity index (χ1v) is 7.77. The number of nitrogens with one attached hydrogen (secondary N) is 1. The predicted octanol–water partition coefficient (Wildman–Crippen LogP) is 2.49. The number of hydrogen-bond donors (Lipinski definition) is 2. The van der Waals surface area contributed by atoms with Gasteiger partial charge in [0.25, 0.3) is 0 Å². The fourth-order valence-corrected chi connectivity index (χ4v) is 2.80. The summed E-state index contributed by atoms with van der Waals surface area (Å²) in [6.45, 7) is 6.94. The molecule has 4 nitrogen and oxygen atoms in total. The second-order valence-corrected chi connectivity index (χ2v) is 6.28. The fourth-order valence-electron chi connectivity index (χ4n) is 1.99. The molecule has 0 bridgehead atoms. The Morgan fingerprint density at radius 3 is 2.61 bits per heavy atom. The van der Waals surface area contributed by atoms with Crippen LogP contribution in [0.1, 0.15) is 32.3 Å². The Bertz CT molecular complexity index is 498. The summed E-state index contributed by atoms with van der Waals surface area (Å²) in [6, 6.07) is 5.12. The highest BCUT2D eigenvalue weighted by Gasteiger charge is 2.13. The summed E-state index contributed by atoms with van der Waals surface area (Å²) in [5, 5.41) is 8.46. The molecule has 5 heteroatoms. The van der Waals surface area contributed by atoms with E-state index in [1.54, 1.807) is 13.0 Å². The molecule has 18 heavy (non-hydrogen) atoms. The second kappa shape index (κ2) is 6.20. The van der Waals surface area contributed by atoms with Crippen LogP contribution in [0.4, 0.5) is 5.69 Å². The predicted molar refractivity (Wildman–Crippen MR) is 75.1 cm³/mol. The van der Waals surface area contributed by atoms with Gasteiger partial charge in [-0.3, -0.25) is 0 Å². The molecule has 0 fully saturated rings. The zero-order valence-corrected chi connectivity index (χ0v) is 12.0. The Morgan fingerprint density at radius 2 is 2.06 bits per heavy atom. The first kappa shape index (κ1) is 15.0. The van der Waals surface area contributed by atoms with Crippen molar-refractivity contribution in [3.8, 4) is 0 Å². The molecule has 0 aliphatic rings. The third kappa shape index (κ3) is 3.99. The monoisotopic (exact) mass is 270 g/mol. The highest BCUT2D eigenvalue weighted by Crippen LogP contribution is 2.22. The summed E-state index contributed by atoms with van der Waals surface area (Å²) in [5.74, 6) is 0.563. The Hall–Kier alpha value is -1.07. The Labute approximate surface area is 110 Å². The van der Waals surface area contributed by atoms with Gasteiger partial charge >= 0.3 is 0 Å². The lowest BCUT2D eigenvalue weighted by Gasteiger charge is -2.15. The van der Waals surface area contributed by atoms with E-state index in [2.05, 4.69) is 19.2 Å². The van der Waals surface area contributed by atoms with Crippen LogP contribution in [0.5, 0.6) is 0 Å². The number of benzene rings is 1. The second-order valence-electron chi connectivity index (χ2n) is 4.75. The molecule has 3 N–H and O–H groups in total. The van der Waals surface area contributed by atoms with Crippen LogP contribution in [0, 0.1) is 12.8 Å². The van der Waals surface area contributed by atoms with Crippen LogP contribution in [0.2, 0.25) is 0 Å². The van der Waals surface area contributed by atoms with Gasteiger partial charge in [0.05, 0.1) is 4.90 Å². The maximum absolute atomic E-state index is 11.4. The molecule has 0 radical (unpaired) electrons. The highest BCUT2D eigenvalue weighted by atomic mass is 32.2. The van der Waals surface area contributed by atoms with Crippen molar-refractivity contribution in [1.82, 2.24) is 0 Å². The zero-order chi connectivity index (χ0) is 13.8. The highest BCUT2D eigenvalue weighted by molar-refractivity contribution is 7.89. The summed E-state index contributed by atoms with van der Waals surface area (Å²) >= 11 is 0. The van der Waals surface area contributed by atoms with E-state index in [9.17, 15) is 8.42 Å². The smallest absolute Gasteiger partial charge is 0.238 e. The number of sulfonamides is 1. The molecule has 0 saturated heterocycles. The summed E-state index contributed by atoms with van der Waals surface area (Å²) in [4.78, 5) is 0.190. The van der Waals surface area contributed by atoms with Gasteiger partial charge in [0.1, 0.15) is 0 Å². The molecule has 0 amide bonds. The first-order chi connectivity index (χ1) is 8.36. The van der Waals surface area contributed by atoms with Crippen molar-refractivity contribution in [2.45, 2.75) is 38.5 Å². The van der Waals surface area contributed by atoms with Crippen LogP contribution in [-0.4, -0.2) is 15.0 Å². The number of anilines is 1. The number of hydrogen-bond acceptors (Lipinski definition) is 3. The molecule has 1 unspecified atom stereocenters. The molecule has 102 valence electrons. The largest absolute Gasteiger partial charge is 0.385 e. The van der Waals surface area contributed by atoms with E-state index in [-0.39, 0.29) is 4.90 Å². The van der Waals surface area contributed by atoms with Gasteiger partial charge in [-0.05, 0) is 37.0 Å². The van der Waals surface area contributed by atoms with Gasteiger partial charge in [-0.2, -0.15) is 0 Å². The minimum absolute atomic E-state index is 0.190. The topological polar surface area (TPSA) is 72.2 Å². The van der Waals surface area contributed by atoms with Gasteiger partial charge in [-0.25, -0.2) is 13.6 Å². The summed E-state index contributed by atoms with van der Waals surface area (Å²) in [5.41, 5.74) is 1.52. The van der Waals surface area contributed by atoms with Crippen LogP contribution in [0.3, 0.4) is 0 Å². The lowest BCUT2D eigenvalue weighted by molar-refractivity contribution is 0.550. The van der Waals surface area contributed by atoms with Crippen molar-refractivity contribution in [1.29, 1.82) is 0 Å².